The average molecular weight is 314 g/mol. The predicted molar refractivity (Wildman–Crippen MR) is 78.1 cm³/mol. The molecule has 0 aliphatic rings. The summed E-state index contributed by atoms with van der Waals surface area (Å²) in [6.45, 7) is 4.78. The number of rotatable bonds is 3. The zero-order valence-electron chi connectivity index (χ0n) is 12.1. The largest absolute Gasteiger partial charge is 0.594 e. The Hall–Kier alpha value is -1.90. The van der Waals surface area contributed by atoms with Gasteiger partial charge in [0.2, 0.25) is 0 Å². The second kappa shape index (κ2) is 6.47. The Morgan fingerprint density at radius 3 is 2.32 bits per heavy atom. The SMILES string of the molecule is C.Cc1cc(C(F)F)c(C)nc1-c1nn(C)c([NH+]([O-])O)c1C. The molecule has 0 radical (unpaired) electrons. The predicted octanol–water partition coefficient (Wildman–Crippen LogP) is 2.38. The molecule has 0 aromatic carbocycles. The summed E-state index contributed by atoms with van der Waals surface area (Å²) in [5.41, 5.74) is 1.92. The van der Waals surface area contributed by atoms with E-state index in [2.05, 4.69) is 10.1 Å². The second-order valence-corrected chi connectivity index (χ2v) is 4.88. The summed E-state index contributed by atoms with van der Waals surface area (Å²) in [6, 6.07) is 1.37. The van der Waals surface area contributed by atoms with Crippen LogP contribution in [-0.2, 0) is 7.05 Å². The van der Waals surface area contributed by atoms with Gasteiger partial charge in [-0.3, -0.25) is 4.98 Å². The van der Waals surface area contributed by atoms with Crippen molar-refractivity contribution in [2.24, 2.45) is 7.05 Å². The summed E-state index contributed by atoms with van der Waals surface area (Å²) < 4.78 is 27.0. The van der Waals surface area contributed by atoms with Gasteiger partial charge in [0.1, 0.15) is 5.69 Å². The maximum absolute atomic E-state index is 12.9. The maximum Gasteiger partial charge on any atom is 0.265 e. The molecular weight excluding hydrogens is 294 g/mol. The van der Waals surface area contributed by atoms with Gasteiger partial charge in [-0.05, 0) is 32.4 Å². The van der Waals surface area contributed by atoms with Gasteiger partial charge in [-0.2, -0.15) is 10.3 Å². The molecule has 0 saturated carbocycles. The van der Waals surface area contributed by atoms with Gasteiger partial charge >= 0.3 is 0 Å². The Kier molecular flexibility index (Phi) is 5.34. The molecule has 2 heterocycles. The monoisotopic (exact) mass is 314 g/mol. The molecule has 2 aromatic heterocycles. The number of alkyl halides is 2. The number of aryl methyl sites for hydroxylation is 3. The molecule has 22 heavy (non-hydrogen) atoms. The molecule has 1 atom stereocenters. The van der Waals surface area contributed by atoms with E-state index in [0.29, 0.717) is 22.5 Å². The minimum atomic E-state index is -2.59. The Bertz CT molecular complexity index is 684. The molecule has 2 rings (SSSR count). The van der Waals surface area contributed by atoms with Crippen molar-refractivity contribution in [3.8, 4) is 11.4 Å². The molecule has 0 saturated heterocycles. The van der Waals surface area contributed by atoms with Crippen molar-refractivity contribution < 1.29 is 19.2 Å². The van der Waals surface area contributed by atoms with Gasteiger partial charge in [-0.15, -0.1) is 0 Å². The fourth-order valence-electron chi connectivity index (χ4n) is 2.34. The quantitative estimate of drug-likeness (QED) is 0.853. The highest BCUT2D eigenvalue weighted by Gasteiger charge is 2.23. The lowest BCUT2D eigenvalue weighted by Crippen LogP contribution is -3.00. The summed E-state index contributed by atoms with van der Waals surface area (Å²) in [5, 5.41) is 23.4. The van der Waals surface area contributed by atoms with Crippen LogP contribution in [0.25, 0.3) is 11.4 Å². The average Bonchev–Trinajstić information content (AvgIpc) is 2.66. The highest BCUT2D eigenvalue weighted by atomic mass is 19.3. The fraction of sp³-hybridized carbons (Fsp3) is 0.429. The van der Waals surface area contributed by atoms with Crippen molar-refractivity contribution in [1.82, 2.24) is 14.8 Å². The molecule has 0 spiro atoms. The summed E-state index contributed by atoms with van der Waals surface area (Å²) >= 11 is 0. The normalized spacial score (nSPS) is 12.4. The first-order chi connectivity index (χ1) is 9.73. The van der Waals surface area contributed by atoms with Crippen LogP contribution in [0.5, 0.6) is 0 Å². The second-order valence-electron chi connectivity index (χ2n) is 4.88. The van der Waals surface area contributed by atoms with E-state index in [-0.39, 0.29) is 24.5 Å². The summed E-state index contributed by atoms with van der Waals surface area (Å²) in [5.74, 6) is 0.0572. The topological polar surface area (TPSA) is 78.4 Å². The molecule has 2 aromatic rings. The maximum atomic E-state index is 12.9. The van der Waals surface area contributed by atoms with Crippen LogP contribution in [0, 0.1) is 26.0 Å². The highest BCUT2D eigenvalue weighted by Crippen LogP contribution is 2.30. The van der Waals surface area contributed by atoms with E-state index < -0.39 is 11.7 Å². The molecule has 1 unspecified atom stereocenters. The summed E-state index contributed by atoms with van der Waals surface area (Å²) in [7, 11) is 1.52. The zero-order valence-corrected chi connectivity index (χ0v) is 12.1. The van der Waals surface area contributed by atoms with E-state index in [1.165, 1.54) is 24.7 Å². The Labute approximate surface area is 127 Å². The minimum Gasteiger partial charge on any atom is -0.594 e. The molecular formula is C14H20F2N4O2. The van der Waals surface area contributed by atoms with E-state index in [4.69, 9.17) is 5.21 Å². The molecule has 2 N–H and O–H groups in total. The molecule has 122 valence electrons. The first-order valence-corrected chi connectivity index (χ1v) is 6.27. The molecule has 6 nitrogen and oxygen atoms in total. The van der Waals surface area contributed by atoms with Gasteiger partial charge < -0.3 is 5.21 Å². The van der Waals surface area contributed by atoms with E-state index in [0.717, 1.165) is 0 Å². The van der Waals surface area contributed by atoms with Crippen LogP contribution in [0.4, 0.5) is 14.6 Å². The van der Waals surface area contributed by atoms with E-state index in [9.17, 15) is 14.0 Å². The van der Waals surface area contributed by atoms with Crippen LogP contribution in [0.15, 0.2) is 6.07 Å². The number of hydrogen-bond donors (Lipinski definition) is 2. The van der Waals surface area contributed by atoms with Crippen molar-refractivity contribution in [3.05, 3.63) is 33.7 Å². The molecule has 8 heteroatoms. The van der Waals surface area contributed by atoms with Crippen molar-refractivity contribution in [2.75, 3.05) is 0 Å². The molecule has 0 fully saturated rings. The van der Waals surface area contributed by atoms with Crippen LogP contribution in [0.3, 0.4) is 0 Å². The van der Waals surface area contributed by atoms with Crippen LogP contribution >= 0.6 is 0 Å². The van der Waals surface area contributed by atoms with Crippen molar-refractivity contribution in [3.63, 3.8) is 0 Å². The lowest BCUT2D eigenvalue weighted by molar-refractivity contribution is -0.994. The van der Waals surface area contributed by atoms with Gasteiger partial charge in [0.25, 0.3) is 12.2 Å². The number of halogens is 2. The van der Waals surface area contributed by atoms with Crippen LogP contribution in [0.2, 0.25) is 0 Å². The highest BCUT2D eigenvalue weighted by molar-refractivity contribution is 5.66. The Morgan fingerprint density at radius 2 is 1.86 bits per heavy atom. The molecule has 0 amide bonds. The fourth-order valence-corrected chi connectivity index (χ4v) is 2.34. The van der Waals surface area contributed by atoms with Crippen molar-refractivity contribution in [2.45, 2.75) is 34.6 Å². The van der Waals surface area contributed by atoms with Gasteiger partial charge in [-0.1, -0.05) is 7.43 Å². The zero-order chi connectivity index (χ0) is 15.9. The van der Waals surface area contributed by atoms with Crippen molar-refractivity contribution in [1.29, 1.82) is 0 Å². The smallest absolute Gasteiger partial charge is 0.265 e. The molecule has 0 aliphatic heterocycles. The lowest BCUT2D eigenvalue weighted by Gasteiger charge is -2.12. The number of nitrogens with zero attached hydrogens (tertiary/aromatic N) is 3. The summed E-state index contributed by atoms with van der Waals surface area (Å²) in [6.07, 6.45) is -2.59. The first-order valence-electron chi connectivity index (χ1n) is 6.27. The number of nitrogens with one attached hydrogen (secondary N) is 1. The Morgan fingerprint density at radius 1 is 1.27 bits per heavy atom. The van der Waals surface area contributed by atoms with Gasteiger partial charge in [0, 0.05) is 18.3 Å². The standard InChI is InChI=1S/C13H16F2N4O2.CH4/c1-6-5-9(12(14)15)8(3)16-10(6)11-7(2)13(19(20)21)18(4)17-11;/h5,12,19-20H,1-4H3;1H4. The third-order valence-electron chi connectivity index (χ3n) is 3.39. The van der Waals surface area contributed by atoms with E-state index in [1.807, 2.05) is 0 Å². The van der Waals surface area contributed by atoms with E-state index in [1.54, 1.807) is 13.8 Å². The number of aromatic nitrogens is 3. The lowest BCUT2D eigenvalue weighted by atomic mass is 10.1. The van der Waals surface area contributed by atoms with E-state index >= 15 is 0 Å². The number of quaternary nitrogens is 1. The third-order valence-corrected chi connectivity index (χ3v) is 3.39. The molecule has 0 bridgehead atoms. The molecule has 0 aliphatic carbocycles. The first kappa shape index (κ1) is 18.1. The number of pyridine rings is 1. The van der Waals surface area contributed by atoms with Gasteiger partial charge in [0.05, 0.1) is 11.3 Å². The summed E-state index contributed by atoms with van der Waals surface area (Å²) in [4.78, 5) is 4.19. The minimum absolute atomic E-state index is 0. The van der Waals surface area contributed by atoms with Crippen LogP contribution < -0.4 is 5.23 Å². The van der Waals surface area contributed by atoms with Crippen molar-refractivity contribution >= 4 is 5.82 Å². The number of hydrogen-bond acceptors (Lipinski definition) is 4. The van der Waals surface area contributed by atoms with Gasteiger partial charge in [-0.25, -0.2) is 18.7 Å². The van der Waals surface area contributed by atoms with Crippen LogP contribution in [-0.4, -0.2) is 20.0 Å². The van der Waals surface area contributed by atoms with Crippen LogP contribution in [0.1, 0.15) is 36.2 Å². The Balaban J connectivity index is 0.00000242. The van der Waals surface area contributed by atoms with Gasteiger partial charge in [0.15, 0.2) is 0 Å². The third kappa shape index (κ3) is 2.99.